The van der Waals surface area contributed by atoms with E-state index < -0.39 is 28.7 Å². The Morgan fingerprint density at radius 2 is 1.76 bits per heavy atom. The number of nitrogens with zero attached hydrogens (tertiary/aromatic N) is 3. The molecule has 8 heteroatoms. The van der Waals surface area contributed by atoms with Crippen LogP contribution in [0.5, 0.6) is 5.75 Å². The summed E-state index contributed by atoms with van der Waals surface area (Å²) in [6.45, 7) is 1.98. The number of carbonyl (C=O) groups excluding carboxylic acids is 1. The number of pyridine rings is 1. The van der Waals surface area contributed by atoms with Crippen molar-refractivity contribution in [3.05, 3.63) is 99.0 Å². The van der Waals surface area contributed by atoms with Crippen molar-refractivity contribution in [2.24, 2.45) is 0 Å². The Bertz CT molecular complexity index is 1320. The number of aromatic nitrogens is 1. The summed E-state index contributed by atoms with van der Waals surface area (Å²) in [5, 5.41) is 12.5. The van der Waals surface area contributed by atoms with E-state index in [1.54, 1.807) is 17.8 Å². The second kappa shape index (κ2) is 7.72. The van der Waals surface area contributed by atoms with Gasteiger partial charge in [-0.15, -0.1) is 0 Å². The highest BCUT2D eigenvalue weighted by Gasteiger charge is 2.47. The van der Waals surface area contributed by atoms with E-state index in [2.05, 4.69) is 0 Å². The first-order valence-corrected chi connectivity index (χ1v) is 10.8. The van der Waals surface area contributed by atoms with Gasteiger partial charge in [0, 0.05) is 25.2 Å². The third-order valence-electron chi connectivity index (χ3n) is 6.86. The maximum atomic E-state index is 14.2. The highest BCUT2D eigenvalue weighted by Crippen LogP contribution is 2.47. The number of aromatic hydroxyl groups is 1. The molecule has 0 bridgehead atoms. The molecule has 1 amide bonds. The lowest BCUT2D eigenvalue weighted by Gasteiger charge is -2.54. The van der Waals surface area contributed by atoms with Crippen molar-refractivity contribution in [2.45, 2.75) is 37.9 Å². The lowest BCUT2D eigenvalue weighted by atomic mass is 9.78. The maximum Gasteiger partial charge on any atom is 0.277 e. The largest absolute Gasteiger partial charge is 0.502 e. The van der Waals surface area contributed by atoms with Crippen LogP contribution >= 0.6 is 0 Å². The number of hydrogen-bond donors (Lipinski definition) is 1. The fourth-order valence-corrected chi connectivity index (χ4v) is 5.22. The summed E-state index contributed by atoms with van der Waals surface area (Å²) in [7, 11) is 1.65. The number of carbonyl (C=O) groups is 1. The molecule has 0 aliphatic carbocycles. The molecule has 1 saturated heterocycles. The van der Waals surface area contributed by atoms with Crippen LogP contribution in [0.1, 0.15) is 52.0 Å². The average molecular weight is 451 g/mol. The molecule has 1 aromatic heterocycles. The van der Waals surface area contributed by atoms with Crippen molar-refractivity contribution in [1.29, 1.82) is 0 Å². The molecule has 1 fully saturated rings. The van der Waals surface area contributed by atoms with Crippen LogP contribution in [0.25, 0.3) is 0 Å². The van der Waals surface area contributed by atoms with Crippen LogP contribution in [0.15, 0.2) is 59.5 Å². The van der Waals surface area contributed by atoms with E-state index in [0.29, 0.717) is 18.4 Å². The lowest BCUT2D eigenvalue weighted by molar-refractivity contribution is 0.0533. The van der Waals surface area contributed by atoms with Crippen molar-refractivity contribution < 1.29 is 18.7 Å². The summed E-state index contributed by atoms with van der Waals surface area (Å²) in [5.74, 6) is -3.09. The Balaban J connectivity index is 1.76. The molecule has 6 nitrogen and oxygen atoms in total. The summed E-state index contributed by atoms with van der Waals surface area (Å²) >= 11 is 0. The Labute approximate surface area is 189 Å². The minimum atomic E-state index is -0.911. The molecule has 3 atom stereocenters. The molecule has 5 rings (SSSR count). The number of halogens is 2. The number of fused-ring (bicyclic) bond motifs is 3. The SMILES string of the molecule is Cc1ccccc1C1C(c2ccc(F)c(F)c2)CCC2N(C)C(=O)c3c(O)c(=O)ccn3N12. The first kappa shape index (κ1) is 21.2. The van der Waals surface area contributed by atoms with E-state index in [-0.39, 0.29) is 23.8 Å². The maximum absolute atomic E-state index is 14.2. The smallest absolute Gasteiger partial charge is 0.277 e. The van der Waals surface area contributed by atoms with Gasteiger partial charge in [-0.3, -0.25) is 19.3 Å². The van der Waals surface area contributed by atoms with Crippen LogP contribution in [-0.4, -0.2) is 33.8 Å². The van der Waals surface area contributed by atoms with Gasteiger partial charge in [-0.1, -0.05) is 30.3 Å². The minimum Gasteiger partial charge on any atom is -0.502 e. The van der Waals surface area contributed by atoms with Gasteiger partial charge in [-0.2, -0.15) is 0 Å². The van der Waals surface area contributed by atoms with Gasteiger partial charge in [-0.05, 0) is 48.6 Å². The van der Waals surface area contributed by atoms with Gasteiger partial charge in [-0.25, -0.2) is 8.78 Å². The number of benzene rings is 2. The summed E-state index contributed by atoms with van der Waals surface area (Å²) < 4.78 is 29.5. The molecule has 2 aliphatic rings. The van der Waals surface area contributed by atoms with Crippen LogP contribution < -0.4 is 10.4 Å². The molecule has 0 radical (unpaired) electrons. The molecule has 3 aromatic rings. The molecule has 0 saturated carbocycles. The molecule has 3 unspecified atom stereocenters. The zero-order chi connectivity index (χ0) is 23.4. The topological polar surface area (TPSA) is 65.8 Å². The van der Waals surface area contributed by atoms with Crippen LogP contribution in [0, 0.1) is 18.6 Å². The van der Waals surface area contributed by atoms with Gasteiger partial charge in [0.1, 0.15) is 6.17 Å². The number of aryl methyl sites for hydroxylation is 1. The second-order valence-electron chi connectivity index (χ2n) is 8.66. The Morgan fingerprint density at radius 3 is 2.48 bits per heavy atom. The second-order valence-corrected chi connectivity index (χ2v) is 8.66. The van der Waals surface area contributed by atoms with E-state index in [9.17, 15) is 23.5 Å². The van der Waals surface area contributed by atoms with E-state index in [1.165, 1.54) is 23.2 Å². The number of hydrogen-bond acceptors (Lipinski definition) is 4. The van der Waals surface area contributed by atoms with Crippen LogP contribution in [-0.2, 0) is 0 Å². The number of amides is 1. The summed E-state index contributed by atoms with van der Waals surface area (Å²) in [6.07, 6.45) is 2.34. The summed E-state index contributed by atoms with van der Waals surface area (Å²) in [5.41, 5.74) is 1.87. The third-order valence-corrected chi connectivity index (χ3v) is 6.86. The van der Waals surface area contributed by atoms with Gasteiger partial charge in [0.2, 0.25) is 5.43 Å². The van der Waals surface area contributed by atoms with Gasteiger partial charge < -0.3 is 10.0 Å². The van der Waals surface area contributed by atoms with Crippen LogP contribution in [0.2, 0.25) is 0 Å². The predicted molar refractivity (Wildman–Crippen MR) is 119 cm³/mol. The molecular formula is C25H23F2N3O3. The zero-order valence-corrected chi connectivity index (χ0v) is 18.2. The Hall–Kier alpha value is -3.68. The fraction of sp³-hybridized carbons (Fsp3) is 0.280. The van der Waals surface area contributed by atoms with Gasteiger partial charge in [0.15, 0.2) is 23.1 Å². The van der Waals surface area contributed by atoms with Crippen molar-refractivity contribution in [2.75, 3.05) is 12.1 Å². The first-order chi connectivity index (χ1) is 15.8. The van der Waals surface area contributed by atoms with Crippen LogP contribution in [0.4, 0.5) is 8.78 Å². The summed E-state index contributed by atoms with van der Waals surface area (Å²) in [6, 6.07) is 12.6. The van der Waals surface area contributed by atoms with Crippen molar-refractivity contribution in [1.82, 2.24) is 9.58 Å². The van der Waals surface area contributed by atoms with Gasteiger partial charge in [0.05, 0.1) is 6.04 Å². The summed E-state index contributed by atoms with van der Waals surface area (Å²) in [4.78, 5) is 26.7. The zero-order valence-electron chi connectivity index (χ0n) is 18.2. The molecule has 3 heterocycles. The standard InChI is InChI=1S/C25H23F2N3O3/c1-14-5-3-4-6-16(14)22-17(15-7-9-18(26)19(27)13-15)8-10-21-28(2)25(33)23-24(32)20(31)11-12-29(23)30(21)22/h3-7,9,11-13,17,21-22,32H,8,10H2,1-2H3. The Morgan fingerprint density at radius 1 is 1.00 bits per heavy atom. The van der Waals surface area contributed by atoms with E-state index in [0.717, 1.165) is 17.2 Å². The molecule has 2 aromatic carbocycles. The van der Waals surface area contributed by atoms with Crippen LogP contribution in [0.3, 0.4) is 0 Å². The van der Waals surface area contributed by atoms with Gasteiger partial charge >= 0.3 is 0 Å². The molecule has 0 spiro atoms. The third kappa shape index (κ3) is 3.20. The highest BCUT2D eigenvalue weighted by atomic mass is 19.2. The van der Waals surface area contributed by atoms with Crippen molar-refractivity contribution in [3.8, 4) is 5.75 Å². The van der Waals surface area contributed by atoms with E-state index in [1.807, 2.05) is 36.2 Å². The highest BCUT2D eigenvalue weighted by molar-refractivity contribution is 5.96. The Kier molecular flexibility index (Phi) is 4.96. The molecule has 1 N–H and O–H groups in total. The van der Waals surface area contributed by atoms with Crippen molar-refractivity contribution in [3.63, 3.8) is 0 Å². The van der Waals surface area contributed by atoms with Gasteiger partial charge in [0.25, 0.3) is 5.91 Å². The fourth-order valence-electron chi connectivity index (χ4n) is 5.22. The number of rotatable bonds is 2. The monoisotopic (exact) mass is 451 g/mol. The average Bonchev–Trinajstić information content (AvgIpc) is 2.80. The predicted octanol–water partition coefficient (Wildman–Crippen LogP) is 3.81. The molecule has 2 aliphatic heterocycles. The minimum absolute atomic E-state index is 0.106. The van der Waals surface area contributed by atoms with Crippen molar-refractivity contribution >= 4 is 5.91 Å². The number of piperidine rings is 1. The van der Waals surface area contributed by atoms with E-state index >= 15 is 0 Å². The molecular weight excluding hydrogens is 428 g/mol. The normalized spacial score (nSPS) is 22.2. The first-order valence-electron chi connectivity index (χ1n) is 10.8. The lowest BCUT2D eigenvalue weighted by Crippen LogP contribution is -2.63. The van der Waals surface area contributed by atoms with E-state index in [4.69, 9.17) is 0 Å². The molecule has 33 heavy (non-hydrogen) atoms. The molecule has 170 valence electrons. The quantitative estimate of drug-likeness (QED) is 0.644.